The monoisotopic (exact) mass is 225 g/mol. The highest BCUT2D eigenvalue weighted by molar-refractivity contribution is 7.77. The first-order valence-electron chi connectivity index (χ1n) is 4.21. The van der Waals surface area contributed by atoms with Crippen LogP contribution < -0.4 is 0 Å². The molecule has 84 valence electrons. The van der Waals surface area contributed by atoms with Gasteiger partial charge in [-0.2, -0.15) is 0 Å². The summed E-state index contributed by atoms with van der Waals surface area (Å²) in [5, 5.41) is 37.3. The molecule has 1 aliphatic heterocycles. The van der Waals surface area contributed by atoms with E-state index in [9.17, 15) is 15.3 Å². The molecular formula is C7H15NO5S. The first-order valence-corrected chi connectivity index (χ1v) is 4.61. The van der Waals surface area contributed by atoms with Crippen LogP contribution in [0.3, 0.4) is 0 Å². The highest BCUT2D eigenvalue weighted by atomic mass is 32.1. The minimum Gasteiger partial charge on any atom is -0.394 e. The Morgan fingerprint density at radius 1 is 1.29 bits per heavy atom. The number of rotatable bonds is 2. The van der Waals surface area contributed by atoms with E-state index in [0.717, 1.165) is 0 Å². The third-order valence-corrected chi connectivity index (χ3v) is 2.57. The van der Waals surface area contributed by atoms with Crippen molar-refractivity contribution < 1.29 is 25.2 Å². The molecule has 7 heteroatoms. The van der Waals surface area contributed by atoms with Gasteiger partial charge in [-0.3, -0.25) is 0 Å². The molecule has 1 rings (SSSR count). The van der Waals surface area contributed by atoms with E-state index in [4.69, 9.17) is 9.84 Å². The molecule has 6 nitrogen and oxygen atoms in total. The molecule has 5 atom stereocenters. The van der Waals surface area contributed by atoms with Crippen molar-refractivity contribution in [1.82, 2.24) is 4.31 Å². The molecule has 1 unspecified atom stereocenters. The predicted molar refractivity (Wildman–Crippen MR) is 50.5 cm³/mol. The van der Waals surface area contributed by atoms with Gasteiger partial charge in [0.1, 0.15) is 18.3 Å². The molecule has 0 aromatic heterocycles. The van der Waals surface area contributed by atoms with E-state index in [1.807, 2.05) is 0 Å². The second-order valence-electron chi connectivity index (χ2n) is 3.29. The van der Waals surface area contributed by atoms with Crippen LogP contribution >= 0.6 is 12.8 Å². The van der Waals surface area contributed by atoms with E-state index in [1.54, 1.807) is 0 Å². The molecule has 1 heterocycles. The minimum atomic E-state index is -1.28. The fourth-order valence-electron chi connectivity index (χ4n) is 1.49. The zero-order valence-electron chi connectivity index (χ0n) is 7.69. The van der Waals surface area contributed by atoms with Gasteiger partial charge in [0.05, 0.1) is 12.6 Å². The molecule has 0 bridgehead atoms. The van der Waals surface area contributed by atoms with Crippen LogP contribution in [-0.2, 0) is 4.74 Å². The number of thiol groups is 1. The Morgan fingerprint density at radius 3 is 2.29 bits per heavy atom. The van der Waals surface area contributed by atoms with E-state index in [2.05, 4.69) is 12.8 Å². The summed E-state index contributed by atoms with van der Waals surface area (Å²) < 4.78 is 6.15. The lowest BCUT2D eigenvalue weighted by Gasteiger charge is -2.42. The van der Waals surface area contributed by atoms with Crippen LogP contribution in [0.25, 0.3) is 0 Å². The van der Waals surface area contributed by atoms with E-state index < -0.39 is 37.3 Å². The predicted octanol–water partition coefficient (Wildman–Crippen LogP) is -2.44. The number of likely N-dealkylation sites (N-methyl/N-ethyl adjacent to an activating group) is 1. The summed E-state index contributed by atoms with van der Waals surface area (Å²) in [6, 6.07) is -0.823. The lowest BCUT2D eigenvalue weighted by Crippen LogP contribution is -2.61. The highest BCUT2D eigenvalue weighted by Gasteiger charge is 2.44. The third-order valence-electron chi connectivity index (χ3n) is 2.30. The Balaban J connectivity index is 2.74. The summed E-state index contributed by atoms with van der Waals surface area (Å²) in [7, 11) is 1.52. The third kappa shape index (κ3) is 2.19. The quantitative estimate of drug-likeness (QED) is 0.335. The van der Waals surface area contributed by atoms with Crippen LogP contribution in [0, 0.1) is 0 Å². The summed E-state index contributed by atoms with van der Waals surface area (Å²) in [5.41, 5.74) is 0. The molecule has 0 saturated carbocycles. The molecule has 0 aliphatic carbocycles. The van der Waals surface area contributed by atoms with Gasteiger partial charge < -0.3 is 25.2 Å². The Labute approximate surface area is 87.3 Å². The molecule has 0 aromatic carbocycles. The maximum atomic E-state index is 9.59. The fraction of sp³-hybridized carbons (Fsp3) is 1.00. The largest absolute Gasteiger partial charge is 0.394 e. The average molecular weight is 225 g/mol. The van der Waals surface area contributed by atoms with Crippen LogP contribution in [0.15, 0.2) is 0 Å². The van der Waals surface area contributed by atoms with Crippen molar-refractivity contribution in [3.8, 4) is 0 Å². The van der Waals surface area contributed by atoms with Crippen molar-refractivity contribution in [2.24, 2.45) is 0 Å². The summed E-state index contributed by atoms with van der Waals surface area (Å²) in [5.74, 6) is 0. The normalized spacial score (nSPS) is 44.4. The van der Waals surface area contributed by atoms with Crippen molar-refractivity contribution in [2.45, 2.75) is 30.6 Å². The summed E-state index contributed by atoms with van der Waals surface area (Å²) >= 11 is 3.92. The number of hydrogen-bond donors (Lipinski definition) is 5. The van der Waals surface area contributed by atoms with E-state index >= 15 is 0 Å². The summed E-state index contributed by atoms with van der Waals surface area (Å²) in [4.78, 5) is 0. The molecule has 1 saturated heterocycles. The van der Waals surface area contributed by atoms with Crippen LogP contribution in [0.1, 0.15) is 0 Å². The van der Waals surface area contributed by atoms with Gasteiger partial charge in [0, 0.05) is 0 Å². The molecular weight excluding hydrogens is 210 g/mol. The molecule has 1 fully saturated rings. The Kier molecular flexibility index (Phi) is 4.14. The van der Waals surface area contributed by atoms with Crippen LogP contribution in [0.2, 0.25) is 0 Å². The Bertz CT molecular complexity index is 193. The van der Waals surface area contributed by atoms with E-state index in [0.29, 0.717) is 0 Å². The number of hydrogen-bond acceptors (Lipinski definition) is 7. The average Bonchev–Trinajstić information content (AvgIpc) is 2.10. The van der Waals surface area contributed by atoms with Gasteiger partial charge in [-0.25, -0.2) is 4.31 Å². The Hall–Kier alpha value is 0.110. The standard InChI is InChI=1S/C7H15NO5S/c1-8(14)4-6(11)5(10)3(2-9)13-7(4)12/h3-7,9-12,14H,2H2,1H3/t3-,4-,5-,6-,7?/m1/s1. The van der Waals surface area contributed by atoms with Gasteiger partial charge in [-0.1, -0.05) is 12.8 Å². The van der Waals surface area contributed by atoms with Gasteiger partial charge in [0.25, 0.3) is 0 Å². The zero-order valence-corrected chi connectivity index (χ0v) is 8.58. The molecule has 0 amide bonds. The number of aliphatic hydroxyl groups is 4. The van der Waals surface area contributed by atoms with Crippen LogP contribution in [0.4, 0.5) is 0 Å². The topological polar surface area (TPSA) is 93.4 Å². The molecule has 0 spiro atoms. The highest BCUT2D eigenvalue weighted by Crippen LogP contribution is 2.23. The number of nitrogens with zero attached hydrogens (tertiary/aromatic N) is 1. The second-order valence-corrected chi connectivity index (χ2v) is 3.92. The molecule has 0 radical (unpaired) electrons. The van der Waals surface area contributed by atoms with Crippen LogP contribution in [-0.4, -0.2) is 69.0 Å². The van der Waals surface area contributed by atoms with Gasteiger partial charge in [0.15, 0.2) is 6.29 Å². The molecule has 4 N–H and O–H groups in total. The second kappa shape index (κ2) is 4.75. The summed E-state index contributed by atoms with van der Waals surface area (Å²) in [6.07, 6.45) is -4.70. The van der Waals surface area contributed by atoms with Crippen molar-refractivity contribution in [3.63, 3.8) is 0 Å². The Morgan fingerprint density at radius 2 is 1.86 bits per heavy atom. The fourth-order valence-corrected chi connectivity index (χ4v) is 1.74. The number of ether oxygens (including phenoxy) is 1. The lowest BCUT2D eigenvalue weighted by atomic mass is 9.97. The van der Waals surface area contributed by atoms with Crippen molar-refractivity contribution in [2.75, 3.05) is 13.7 Å². The molecule has 1 aliphatic rings. The maximum Gasteiger partial charge on any atom is 0.174 e. The zero-order chi connectivity index (χ0) is 10.9. The minimum absolute atomic E-state index is 0.460. The van der Waals surface area contributed by atoms with Crippen molar-refractivity contribution >= 4 is 12.8 Å². The molecule has 0 aromatic rings. The van der Waals surface area contributed by atoms with Crippen molar-refractivity contribution in [1.29, 1.82) is 0 Å². The molecule has 14 heavy (non-hydrogen) atoms. The maximum absolute atomic E-state index is 9.59. The van der Waals surface area contributed by atoms with Gasteiger partial charge in [-0.15, -0.1) is 0 Å². The number of aliphatic hydroxyl groups excluding tert-OH is 4. The summed E-state index contributed by atoms with van der Waals surface area (Å²) in [6.45, 7) is -0.460. The van der Waals surface area contributed by atoms with Gasteiger partial charge >= 0.3 is 0 Å². The van der Waals surface area contributed by atoms with Crippen molar-refractivity contribution in [3.05, 3.63) is 0 Å². The SMILES string of the molecule is CN(S)[C@H]1C(O)O[C@H](CO)[C@@H](O)[C@@H]1O. The van der Waals surface area contributed by atoms with E-state index in [-0.39, 0.29) is 0 Å². The first-order chi connectivity index (χ1) is 6.49. The van der Waals surface area contributed by atoms with E-state index in [1.165, 1.54) is 11.4 Å². The first kappa shape index (κ1) is 12.2. The van der Waals surface area contributed by atoms with Gasteiger partial charge in [-0.05, 0) is 7.05 Å². The smallest absolute Gasteiger partial charge is 0.174 e. The van der Waals surface area contributed by atoms with Gasteiger partial charge in [0.2, 0.25) is 0 Å². The van der Waals surface area contributed by atoms with Crippen LogP contribution in [0.5, 0.6) is 0 Å². The lowest BCUT2D eigenvalue weighted by molar-refractivity contribution is -0.262.